The number of para-hydroxylation sites is 2. The van der Waals surface area contributed by atoms with E-state index in [1.807, 2.05) is 0 Å². The minimum absolute atomic E-state index is 0.112. The van der Waals surface area contributed by atoms with Crippen LogP contribution in [0.5, 0.6) is 0 Å². The van der Waals surface area contributed by atoms with Crippen LogP contribution in [-0.2, 0) is 18.4 Å². The highest BCUT2D eigenvalue weighted by Gasteiger charge is 2.48. The number of nitrogens with zero attached hydrogens (tertiary/aromatic N) is 2. The third-order valence-electron chi connectivity index (χ3n) is 13.2. The molecular formula is C53H48N2. The first-order chi connectivity index (χ1) is 27.1. The zero-order valence-corrected chi connectivity index (χ0v) is 32.2. The van der Waals surface area contributed by atoms with E-state index in [1.54, 1.807) is 0 Å². The Morgan fingerprint density at radius 2 is 1.35 bits per heavy atom. The summed E-state index contributed by atoms with van der Waals surface area (Å²) in [6, 6.07) is 40.8. The zero-order valence-electron chi connectivity index (χ0n) is 32.2. The highest BCUT2D eigenvalue weighted by Crippen LogP contribution is 2.57. The molecule has 0 saturated carbocycles. The fourth-order valence-electron chi connectivity index (χ4n) is 10.4. The van der Waals surface area contributed by atoms with Crippen molar-refractivity contribution in [2.75, 3.05) is 0 Å². The van der Waals surface area contributed by atoms with Crippen molar-refractivity contribution in [2.45, 2.75) is 64.3 Å². The van der Waals surface area contributed by atoms with Gasteiger partial charge in [0.2, 0.25) is 0 Å². The predicted octanol–water partition coefficient (Wildman–Crippen LogP) is 13.9. The molecule has 10 rings (SSSR count). The van der Waals surface area contributed by atoms with Crippen molar-refractivity contribution < 1.29 is 0 Å². The van der Waals surface area contributed by atoms with Gasteiger partial charge in [0.05, 0.1) is 5.52 Å². The Hall–Kier alpha value is -5.86. The largest absolute Gasteiger partial charge is 0.341 e. The standard InChI is InChI=1S/C53H48N2/c1-4-53(5-2)47-34-38(22-20-36-26-30-50-45(32-36)43-16-10-12-18-49(43)54(50)6-3)24-28-41(47)42-29-25-39(35-48(42)53)23-21-37-27-31-52-46(33-37)44-17-11-13-19-51(44)55(52)40-14-8-7-9-15-40/h7-10,12-16,18-35,42,48H,4-6,11,17H2,1-3H3/b22-20+,23-21+. The van der Waals surface area contributed by atoms with Crippen LogP contribution in [0.1, 0.15) is 85.0 Å². The molecule has 5 aromatic carbocycles. The Labute approximate surface area is 325 Å². The third kappa shape index (κ3) is 5.37. The molecule has 2 unspecified atom stereocenters. The highest BCUT2D eigenvalue weighted by atomic mass is 15.0. The molecule has 0 amide bonds. The van der Waals surface area contributed by atoms with Crippen LogP contribution < -0.4 is 0 Å². The summed E-state index contributed by atoms with van der Waals surface area (Å²) < 4.78 is 4.85. The van der Waals surface area contributed by atoms with Crippen molar-refractivity contribution in [3.63, 3.8) is 0 Å². The number of hydrogen-bond donors (Lipinski definition) is 0. The quantitative estimate of drug-likeness (QED) is 0.139. The fourth-order valence-corrected chi connectivity index (χ4v) is 10.4. The molecule has 2 atom stereocenters. The van der Waals surface area contributed by atoms with Gasteiger partial charge in [-0.2, -0.15) is 0 Å². The number of rotatable bonds is 8. The second-order valence-corrected chi connectivity index (χ2v) is 15.7. The molecule has 0 aliphatic heterocycles. The van der Waals surface area contributed by atoms with E-state index >= 15 is 0 Å². The van der Waals surface area contributed by atoms with Gasteiger partial charge in [-0.25, -0.2) is 0 Å². The molecule has 0 saturated heterocycles. The lowest BCUT2D eigenvalue weighted by Gasteiger charge is -2.36. The van der Waals surface area contributed by atoms with Crippen molar-refractivity contribution in [1.82, 2.24) is 9.13 Å². The fraction of sp³-hybridized carbons (Fsp3) is 0.208. The molecule has 7 aromatic rings. The van der Waals surface area contributed by atoms with Gasteiger partial charge in [0.15, 0.2) is 0 Å². The molecule has 270 valence electrons. The van der Waals surface area contributed by atoms with Crippen LogP contribution in [0.2, 0.25) is 0 Å². The molecule has 0 fully saturated rings. The molecule has 55 heavy (non-hydrogen) atoms. The lowest BCUT2D eigenvalue weighted by atomic mass is 9.67. The SMILES string of the molecule is CCn1c2ccccc2c2cc(/C=C/c3ccc4c(c3)C(CC)(CC)C3C=C(/C=C/c5ccc6c(c5)c5c(n6-c6ccccc6)C=CCC5)C=CC43)ccc21. The van der Waals surface area contributed by atoms with Crippen molar-refractivity contribution in [2.24, 2.45) is 5.92 Å². The van der Waals surface area contributed by atoms with Crippen LogP contribution in [-0.4, -0.2) is 9.13 Å². The van der Waals surface area contributed by atoms with Gasteiger partial charge < -0.3 is 9.13 Å². The Balaban J connectivity index is 0.945. The first kappa shape index (κ1) is 33.7. The van der Waals surface area contributed by atoms with E-state index in [0.717, 1.165) is 32.2 Å². The lowest BCUT2D eigenvalue weighted by molar-refractivity contribution is 0.304. The van der Waals surface area contributed by atoms with E-state index in [0.29, 0.717) is 11.8 Å². The van der Waals surface area contributed by atoms with E-state index in [2.05, 4.69) is 194 Å². The monoisotopic (exact) mass is 712 g/mol. The van der Waals surface area contributed by atoms with Crippen molar-refractivity contribution in [3.8, 4) is 5.69 Å². The Morgan fingerprint density at radius 1 is 0.655 bits per heavy atom. The van der Waals surface area contributed by atoms with Crippen molar-refractivity contribution in [1.29, 1.82) is 0 Å². The van der Waals surface area contributed by atoms with Crippen molar-refractivity contribution in [3.05, 3.63) is 184 Å². The minimum atomic E-state index is 0.112. The summed E-state index contributed by atoms with van der Waals surface area (Å²) in [6.45, 7) is 7.99. The van der Waals surface area contributed by atoms with Crippen LogP contribution in [0.3, 0.4) is 0 Å². The number of aryl methyl sites for hydroxylation is 2. The summed E-state index contributed by atoms with van der Waals surface area (Å²) in [7, 11) is 0. The Morgan fingerprint density at radius 3 is 2.15 bits per heavy atom. The van der Waals surface area contributed by atoms with Gasteiger partial charge in [-0.05, 0) is 126 Å². The Kier molecular flexibility index (Phi) is 8.25. The van der Waals surface area contributed by atoms with Crippen LogP contribution in [0.15, 0.2) is 145 Å². The summed E-state index contributed by atoms with van der Waals surface area (Å²) in [5, 5.41) is 4.03. The van der Waals surface area contributed by atoms with Gasteiger partial charge in [0.1, 0.15) is 0 Å². The topological polar surface area (TPSA) is 9.86 Å². The summed E-state index contributed by atoms with van der Waals surface area (Å²) >= 11 is 0. The van der Waals surface area contributed by atoms with E-state index in [-0.39, 0.29) is 5.41 Å². The molecule has 3 aliphatic carbocycles. The molecular weight excluding hydrogens is 665 g/mol. The molecule has 0 spiro atoms. The van der Waals surface area contributed by atoms with Gasteiger partial charge in [-0.1, -0.05) is 129 Å². The van der Waals surface area contributed by atoms with E-state index in [9.17, 15) is 0 Å². The maximum atomic E-state index is 2.59. The molecule has 2 heterocycles. The first-order valence-corrected chi connectivity index (χ1v) is 20.4. The summed E-state index contributed by atoms with van der Waals surface area (Å²) in [6.07, 6.45) is 25.8. The minimum Gasteiger partial charge on any atom is -0.341 e. The number of fused-ring (bicyclic) bond motifs is 9. The molecule has 2 nitrogen and oxygen atoms in total. The molecule has 2 heteroatoms. The second kappa shape index (κ2) is 13.5. The third-order valence-corrected chi connectivity index (χ3v) is 13.2. The normalized spacial score (nSPS) is 18.5. The smallest absolute Gasteiger partial charge is 0.0538 e. The van der Waals surface area contributed by atoms with Gasteiger partial charge in [-0.15, -0.1) is 0 Å². The van der Waals surface area contributed by atoms with Gasteiger partial charge in [0, 0.05) is 56.5 Å². The maximum Gasteiger partial charge on any atom is 0.0538 e. The van der Waals surface area contributed by atoms with Gasteiger partial charge in [-0.3, -0.25) is 0 Å². The lowest BCUT2D eigenvalue weighted by Crippen LogP contribution is -2.31. The molecule has 0 N–H and O–H groups in total. The van der Waals surface area contributed by atoms with E-state index in [4.69, 9.17) is 0 Å². The number of allylic oxidation sites excluding steroid dienone is 6. The van der Waals surface area contributed by atoms with Gasteiger partial charge in [0.25, 0.3) is 0 Å². The second-order valence-electron chi connectivity index (χ2n) is 15.7. The van der Waals surface area contributed by atoms with E-state index in [1.165, 1.54) is 83.0 Å². The molecule has 0 radical (unpaired) electrons. The van der Waals surface area contributed by atoms with Crippen LogP contribution in [0, 0.1) is 5.92 Å². The zero-order chi connectivity index (χ0) is 37.1. The average molecular weight is 713 g/mol. The van der Waals surface area contributed by atoms with Crippen molar-refractivity contribution >= 4 is 57.0 Å². The number of benzene rings is 5. The molecule has 2 aromatic heterocycles. The molecule has 3 aliphatic rings. The summed E-state index contributed by atoms with van der Waals surface area (Å²) in [5.74, 6) is 0.859. The summed E-state index contributed by atoms with van der Waals surface area (Å²) in [4.78, 5) is 0. The summed E-state index contributed by atoms with van der Waals surface area (Å²) in [5.41, 5.74) is 16.2. The number of hydrogen-bond acceptors (Lipinski definition) is 0. The van der Waals surface area contributed by atoms with Crippen LogP contribution >= 0.6 is 0 Å². The van der Waals surface area contributed by atoms with E-state index < -0.39 is 0 Å². The Bertz CT molecular complexity index is 2770. The average Bonchev–Trinajstić information content (AvgIpc) is 3.85. The van der Waals surface area contributed by atoms with Gasteiger partial charge >= 0.3 is 0 Å². The first-order valence-electron chi connectivity index (χ1n) is 20.4. The maximum absolute atomic E-state index is 2.59. The highest BCUT2D eigenvalue weighted by molar-refractivity contribution is 6.08. The van der Waals surface area contributed by atoms with Crippen LogP contribution in [0.25, 0.3) is 62.7 Å². The predicted molar refractivity (Wildman–Crippen MR) is 236 cm³/mol. The van der Waals surface area contributed by atoms with Crippen LogP contribution in [0.4, 0.5) is 0 Å². The molecule has 0 bridgehead atoms. The number of aromatic nitrogens is 2.